The minimum Gasteiger partial charge on any atom is -0.488 e. The average Bonchev–Trinajstić information content (AvgIpc) is 3.00. The number of likely N-dealkylation sites (tertiary alicyclic amines) is 1. The van der Waals surface area contributed by atoms with Crippen molar-refractivity contribution in [2.45, 2.75) is 84.4 Å². The van der Waals surface area contributed by atoms with Gasteiger partial charge in [-0.1, -0.05) is 27.7 Å². The minimum atomic E-state index is -0.990. The van der Waals surface area contributed by atoms with Crippen molar-refractivity contribution in [2.24, 2.45) is 29.4 Å². The SMILES string of the molecule is COCCCOc1cc(C[C@@H](C[C@H](N)[C@@H](O)C[C@H](C(=O)NC2CCN(C(=O)CO[N+](=O)[O-])CC2)C(C)C)C(C)C)cnc1OC. The number of nitrogens with zero attached hydrogens (tertiary/aromatic N) is 3. The quantitative estimate of drug-likeness (QED) is 0.108. The molecule has 14 heteroatoms. The van der Waals surface area contributed by atoms with E-state index in [-0.39, 0.29) is 36.1 Å². The first-order chi connectivity index (χ1) is 21.4. The molecule has 1 aromatic rings. The second kappa shape index (κ2) is 19.3. The zero-order valence-corrected chi connectivity index (χ0v) is 27.6. The summed E-state index contributed by atoms with van der Waals surface area (Å²) in [6.07, 6.45) is 4.18. The number of aliphatic hydroxyl groups excluding tert-OH is 1. The first-order valence-corrected chi connectivity index (χ1v) is 15.8. The third kappa shape index (κ3) is 13.0. The molecule has 0 unspecified atom stereocenters. The van der Waals surface area contributed by atoms with E-state index in [0.29, 0.717) is 63.6 Å². The second-order valence-electron chi connectivity index (χ2n) is 12.5. The van der Waals surface area contributed by atoms with Gasteiger partial charge in [0.15, 0.2) is 12.4 Å². The fourth-order valence-corrected chi connectivity index (χ4v) is 5.52. The summed E-state index contributed by atoms with van der Waals surface area (Å²) < 4.78 is 16.3. The largest absolute Gasteiger partial charge is 0.488 e. The predicted octanol–water partition coefficient (Wildman–Crippen LogP) is 2.38. The molecule has 2 rings (SSSR count). The van der Waals surface area contributed by atoms with Crippen molar-refractivity contribution >= 4 is 11.8 Å². The number of ether oxygens (including phenoxy) is 3. The first kappa shape index (κ1) is 38.0. The maximum absolute atomic E-state index is 13.3. The summed E-state index contributed by atoms with van der Waals surface area (Å²) in [6, 6.07) is 1.27. The highest BCUT2D eigenvalue weighted by Gasteiger charge is 2.32. The Morgan fingerprint density at radius 3 is 2.42 bits per heavy atom. The lowest BCUT2D eigenvalue weighted by atomic mass is 9.81. The zero-order chi connectivity index (χ0) is 33.5. The van der Waals surface area contributed by atoms with Gasteiger partial charge < -0.3 is 40.1 Å². The minimum absolute atomic E-state index is 0.0265. The zero-order valence-electron chi connectivity index (χ0n) is 27.6. The molecule has 1 aromatic heterocycles. The smallest absolute Gasteiger partial charge is 0.295 e. The van der Waals surface area contributed by atoms with Gasteiger partial charge in [-0.15, -0.1) is 10.1 Å². The molecule has 1 saturated heterocycles. The van der Waals surface area contributed by atoms with Gasteiger partial charge in [-0.2, -0.15) is 0 Å². The van der Waals surface area contributed by atoms with Gasteiger partial charge in [0, 0.05) is 57.4 Å². The van der Waals surface area contributed by atoms with E-state index < -0.39 is 35.7 Å². The van der Waals surface area contributed by atoms with E-state index >= 15 is 0 Å². The Morgan fingerprint density at radius 1 is 1.16 bits per heavy atom. The van der Waals surface area contributed by atoms with E-state index in [9.17, 15) is 24.8 Å². The Bertz CT molecular complexity index is 1070. The van der Waals surface area contributed by atoms with Crippen molar-refractivity contribution in [1.82, 2.24) is 15.2 Å². The molecule has 1 fully saturated rings. The summed E-state index contributed by atoms with van der Waals surface area (Å²) >= 11 is 0. The number of rotatable bonds is 20. The Kier molecular flexibility index (Phi) is 16.3. The van der Waals surface area contributed by atoms with Gasteiger partial charge >= 0.3 is 0 Å². The van der Waals surface area contributed by atoms with Crippen molar-refractivity contribution in [3.8, 4) is 11.6 Å². The highest BCUT2D eigenvalue weighted by Crippen LogP contribution is 2.30. The van der Waals surface area contributed by atoms with Gasteiger partial charge in [0.05, 0.1) is 19.8 Å². The van der Waals surface area contributed by atoms with E-state index in [0.717, 1.165) is 12.0 Å². The number of nitrogens with two attached hydrogens (primary N) is 1. The van der Waals surface area contributed by atoms with Gasteiger partial charge in [0.1, 0.15) is 0 Å². The van der Waals surface area contributed by atoms with Gasteiger partial charge in [0.2, 0.25) is 11.8 Å². The lowest BCUT2D eigenvalue weighted by molar-refractivity contribution is -0.754. The summed E-state index contributed by atoms with van der Waals surface area (Å²) in [5, 5.41) is 23.6. The number of nitrogens with one attached hydrogen (secondary N) is 1. The van der Waals surface area contributed by atoms with E-state index in [1.54, 1.807) is 20.4 Å². The van der Waals surface area contributed by atoms with Crippen LogP contribution in [0.2, 0.25) is 0 Å². The fraction of sp³-hybridized carbons (Fsp3) is 0.774. The number of pyridine rings is 1. The lowest BCUT2D eigenvalue weighted by Gasteiger charge is -2.34. The maximum atomic E-state index is 13.3. The summed E-state index contributed by atoms with van der Waals surface area (Å²) in [5.41, 5.74) is 7.54. The average molecular weight is 640 g/mol. The van der Waals surface area contributed by atoms with Crippen molar-refractivity contribution in [3.63, 3.8) is 0 Å². The molecule has 0 bridgehead atoms. The highest BCUT2D eigenvalue weighted by molar-refractivity contribution is 5.79. The van der Waals surface area contributed by atoms with Crippen LogP contribution in [0.15, 0.2) is 12.3 Å². The predicted molar refractivity (Wildman–Crippen MR) is 167 cm³/mol. The van der Waals surface area contributed by atoms with Crippen LogP contribution in [0.1, 0.15) is 65.4 Å². The second-order valence-corrected chi connectivity index (χ2v) is 12.5. The van der Waals surface area contributed by atoms with Crippen LogP contribution in [-0.2, 0) is 25.6 Å². The molecule has 4 N–H and O–H groups in total. The monoisotopic (exact) mass is 639 g/mol. The first-order valence-electron chi connectivity index (χ1n) is 15.8. The maximum Gasteiger partial charge on any atom is 0.295 e. The molecular weight excluding hydrogens is 586 g/mol. The van der Waals surface area contributed by atoms with E-state index in [1.807, 2.05) is 19.9 Å². The molecule has 0 aromatic carbocycles. The van der Waals surface area contributed by atoms with Crippen LogP contribution in [-0.4, -0.2) is 97.2 Å². The number of carbonyl (C=O) groups is 2. The molecule has 1 aliphatic rings. The van der Waals surface area contributed by atoms with Crippen LogP contribution in [0.3, 0.4) is 0 Å². The van der Waals surface area contributed by atoms with Crippen LogP contribution >= 0.6 is 0 Å². The number of carbonyl (C=O) groups excluding carboxylic acids is 2. The normalized spacial score (nSPS) is 16.6. The molecule has 2 amide bonds. The van der Waals surface area contributed by atoms with Gasteiger partial charge in [-0.25, -0.2) is 4.98 Å². The van der Waals surface area contributed by atoms with Crippen LogP contribution in [0, 0.1) is 33.8 Å². The van der Waals surface area contributed by atoms with Crippen molar-refractivity contribution in [1.29, 1.82) is 0 Å². The summed E-state index contributed by atoms with van der Waals surface area (Å²) in [5.74, 6) is 0.352. The highest BCUT2D eigenvalue weighted by atomic mass is 16.9. The van der Waals surface area contributed by atoms with Crippen LogP contribution in [0.4, 0.5) is 0 Å². The van der Waals surface area contributed by atoms with Crippen LogP contribution < -0.4 is 20.5 Å². The molecule has 2 heterocycles. The van der Waals surface area contributed by atoms with Gasteiger partial charge in [-0.3, -0.25) is 9.59 Å². The summed E-state index contributed by atoms with van der Waals surface area (Å²) in [7, 11) is 3.20. The number of amides is 2. The molecule has 4 atom stereocenters. The molecule has 14 nitrogen and oxygen atoms in total. The third-order valence-corrected chi connectivity index (χ3v) is 8.45. The van der Waals surface area contributed by atoms with Gasteiger partial charge in [0.25, 0.3) is 11.0 Å². The topological polar surface area (TPSA) is 189 Å². The molecule has 0 radical (unpaired) electrons. The molecule has 1 aliphatic heterocycles. The van der Waals surface area contributed by atoms with Crippen molar-refractivity contribution < 1.29 is 38.8 Å². The standard InChI is InChI=1S/C31H53N5O9/c1-20(2)23(14-22-15-28(31(43-6)33-18-22)44-13-7-12-42-5)16-26(32)27(37)17-25(21(3)4)30(39)34-24-8-10-35(11-9-24)29(38)19-45-36(40)41/h15,18,20-21,23-27,37H,7-14,16-17,19,32H2,1-6H3,(H,34,39)/t23-,25-,26-,27-/m0/s1. The van der Waals surface area contributed by atoms with E-state index in [1.165, 1.54) is 4.90 Å². The fourth-order valence-electron chi connectivity index (χ4n) is 5.52. The number of piperidine rings is 1. The number of aliphatic hydroxyl groups is 1. The third-order valence-electron chi connectivity index (χ3n) is 8.45. The Labute approximate surface area is 266 Å². The molecule has 0 spiro atoms. The molecule has 45 heavy (non-hydrogen) atoms. The molecule has 256 valence electrons. The van der Waals surface area contributed by atoms with Crippen LogP contribution in [0.5, 0.6) is 11.6 Å². The van der Waals surface area contributed by atoms with Crippen LogP contribution in [0.25, 0.3) is 0 Å². The van der Waals surface area contributed by atoms with E-state index in [4.69, 9.17) is 19.9 Å². The number of aromatic nitrogens is 1. The molecule has 0 aliphatic carbocycles. The number of hydrogen-bond acceptors (Lipinski definition) is 11. The van der Waals surface area contributed by atoms with E-state index in [2.05, 4.69) is 29.0 Å². The Hall–Kier alpha value is -3.23. The summed E-state index contributed by atoms with van der Waals surface area (Å²) in [6.45, 7) is 9.34. The summed E-state index contributed by atoms with van der Waals surface area (Å²) in [4.78, 5) is 45.8. The van der Waals surface area contributed by atoms with Crippen molar-refractivity contribution in [3.05, 3.63) is 27.9 Å². The Balaban J connectivity index is 1.95. The lowest BCUT2D eigenvalue weighted by Crippen LogP contribution is -2.50. The molecule has 0 saturated carbocycles. The molecular formula is C31H53N5O9. The number of methoxy groups -OCH3 is 2. The Morgan fingerprint density at radius 2 is 1.84 bits per heavy atom. The van der Waals surface area contributed by atoms with Gasteiger partial charge in [-0.05, 0) is 61.5 Å². The number of hydrogen-bond donors (Lipinski definition) is 3. The van der Waals surface area contributed by atoms with Crippen molar-refractivity contribution in [2.75, 3.05) is 47.1 Å².